The number of guanidine groups is 1. The third-order valence-corrected chi connectivity index (χ3v) is 5.14. The summed E-state index contributed by atoms with van der Waals surface area (Å²) in [6, 6.07) is 4.20. The number of aryl methyl sites for hydroxylation is 1. The van der Waals surface area contributed by atoms with Crippen molar-refractivity contribution in [1.29, 1.82) is 0 Å². The van der Waals surface area contributed by atoms with Crippen molar-refractivity contribution in [2.24, 2.45) is 4.99 Å². The lowest BCUT2D eigenvalue weighted by atomic mass is 10.3. The van der Waals surface area contributed by atoms with Crippen molar-refractivity contribution < 1.29 is 0 Å². The predicted octanol–water partition coefficient (Wildman–Crippen LogP) is 3.94. The van der Waals surface area contributed by atoms with E-state index in [0.717, 1.165) is 47.2 Å². The van der Waals surface area contributed by atoms with Gasteiger partial charge in [-0.2, -0.15) is 0 Å². The molecule has 0 bridgehead atoms. The highest BCUT2D eigenvalue weighted by molar-refractivity contribution is 14.0. The first-order chi connectivity index (χ1) is 12.0. The maximum atomic E-state index is 4.67. The van der Waals surface area contributed by atoms with Gasteiger partial charge < -0.3 is 14.8 Å². The van der Waals surface area contributed by atoms with Crippen molar-refractivity contribution >= 4 is 57.2 Å². The number of aliphatic imine (C=N–C) groups is 1. The monoisotopic (exact) mass is 552 g/mol. The predicted molar refractivity (Wildman–Crippen MR) is 123 cm³/mol. The minimum absolute atomic E-state index is 0. The van der Waals surface area contributed by atoms with E-state index in [1.165, 1.54) is 4.88 Å². The molecule has 0 radical (unpaired) electrons. The van der Waals surface area contributed by atoms with Crippen LogP contribution in [-0.2, 0) is 19.5 Å². The van der Waals surface area contributed by atoms with Gasteiger partial charge in [0.15, 0.2) is 5.96 Å². The zero-order valence-electron chi connectivity index (χ0n) is 15.4. The first kappa shape index (κ1) is 23.1. The summed E-state index contributed by atoms with van der Waals surface area (Å²) in [7, 11) is 2.05. The van der Waals surface area contributed by atoms with Gasteiger partial charge in [-0.25, -0.2) is 4.99 Å². The summed E-state index contributed by atoms with van der Waals surface area (Å²) in [5.74, 6) is 1.87. The van der Waals surface area contributed by atoms with Crippen molar-refractivity contribution in [3.8, 4) is 0 Å². The molecule has 0 atom stereocenters. The second kappa shape index (κ2) is 11.7. The van der Waals surface area contributed by atoms with Crippen molar-refractivity contribution in [2.75, 3.05) is 20.1 Å². The number of hydrogen-bond acceptors (Lipinski definition) is 4. The van der Waals surface area contributed by atoms with Crippen LogP contribution in [0, 0.1) is 0 Å². The molecule has 26 heavy (non-hydrogen) atoms. The van der Waals surface area contributed by atoms with Gasteiger partial charge in [0.2, 0.25) is 0 Å². The molecular formula is C17H26BrIN6S. The fourth-order valence-electron chi connectivity index (χ4n) is 2.29. The third kappa shape index (κ3) is 7.36. The molecule has 2 aromatic rings. The summed E-state index contributed by atoms with van der Waals surface area (Å²) in [5, 5.41) is 11.5. The summed E-state index contributed by atoms with van der Waals surface area (Å²) >= 11 is 5.25. The highest BCUT2D eigenvalue weighted by atomic mass is 127. The largest absolute Gasteiger partial charge is 0.354 e. The van der Waals surface area contributed by atoms with Gasteiger partial charge in [-0.1, -0.05) is 19.1 Å². The van der Waals surface area contributed by atoms with Gasteiger partial charge in [0, 0.05) is 31.4 Å². The number of aromatic nitrogens is 3. The molecule has 0 aromatic carbocycles. The Labute approximate surface area is 184 Å². The lowest BCUT2D eigenvalue weighted by Crippen LogP contribution is -2.40. The SMILES string of the molecule is C=C(C)CN=C(NCCn1cnnc1CC)N(C)Cc1ccc(Br)s1.I. The van der Waals surface area contributed by atoms with Gasteiger partial charge in [0.25, 0.3) is 0 Å². The molecule has 0 unspecified atom stereocenters. The van der Waals surface area contributed by atoms with Crippen LogP contribution in [0.2, 0.25) is 0 Å². The Morgan fingerprint density at radius 1 is 1.46 bits per heavy atom. The Bertz CT molecular complexity index is 726. The van der Waals surface area contributed by atoms with Crippen molar-refractivity contribution in [3.63, 3.8) is 0 Å². The molecule has 0 spiro atoms. The minimum Gasteiger partial charge on any atom is -0.354 e. The van der Waals surface area contributed by atoms with Gasteiger partial charge in [0.1, 0.15) is 12.2 Å². The average Bonchev–Trinajstić information content (AvgIpc) is 3.18. The molecule has 1 N–H and O–H groups in total. The van der Waals surface area contributed by atoms with Gasteiger partial charge in [-0.3, -0.25) is 0 Å². The number of hydrogen-bond donors (Lipinski definition) is 1. The zero-order valence-corrected chi connectivity index (χ0v) is 20.1. The van der Waals surface area contributed by atoms with Crippen molar-refractivity contribution in [2.45, 2.75) is 33.4 Å². The van der Waals surface area contributed by atoms with Crippen molar-refractivity contribution in [3.05, 3.63) is 45.1 Å². The molecule has 0 aliphatic heterocycles. The quantitative estimate of drug-likeness (QED) is 0.233. The number of rotatable bonds is 8. The molecule has 0 saturated heterocycles. The summed E-state index contributed by atoms with van der Waals surface area (Å²) in [4.78, 5) is 8.09. The van der Waals surface area contributed by atoms with Crippen molar-refractivity contribution in [1.82, 2.24) is 25.0 Å². The molecule has 0 aliphatic rings. The minimum atomic E-state index is 0. The molecule has 0 amide bonds. The van der Waals surface area contributed by atoms with Gasteiger partial charge in [-0.15, -0.1) is 45.5 Å². The maximum Gasteiger partial charge on any atom is 0.194 e. The average molecular weight is 553 g/mol. The lowest BCUT2D eigenvalue weighted by Gasteiger charge is -2.22. The van der Waals surface area contributed by atoms with Gasteiger partial charge in [0.05, 0.1) is 16.9 Å². The fraction of sp³-hybridized carbons (Fsp3) is 0.471. The molecule has 9 heteroatoms. The lowest BCUT2D eigenvalue weighted by molar-refractivity contribution is 0.475. The first-order valence-electron chi connectivity index (χ1n) is 8.24. The molecule has 0 fully saturated rings. The van der Waals surface area contributed by atoms with Crippen LogP contribution in [0.1, 0.15) is 24.5 Å². The van der Waals surface area contributed by atoms with E-state index in [0.29, 0.717) is 6.54 Å². The summed E-state index contributed by atoms with van der Waals surface area (Å²) in [5.41, 5.74) is 1.04. The van der Waals surface area contributed by atoms with E-state index in [9.17, 15) is 0 Å². The Kier molecular flexibility index (Phi) is 10.4. The standard InChI is InChI=1S/C17H25BrN6S.HI/c1-5-16-22-21-12-24(16)9-8-19-17(20-10-13(2)3)23(4)11-14-6-7-15(18)25-14;/h6-7,12H,2,5,8-11H2,1,3-4H3,(H,19,20);1H. The van der Waals surface area contributed by atoms with Crippen LogP contribution < -0.4 is 5.32 Å². The number of halogens is 2. The molecular weight excluding hydrogens is 527 g/mol. The fourth-order valence-corrected chi connectivity index (χ4v) is 3.83. The number of nitrogens with zero attached hydrogens (tertiary/aromatic N) is 5. The second-order valence-electron chi connectivity index (χ2n) is 5.88. The normalized spacial score (nSPS) is 11.2. The number of thiophene rings is 1. The van der Waals surface area contributed by atoms with E-state index in [4.69, 9.17) is 0 Å². The van der Waals surface area contributed by atoms with Crippen LogP contribution in [0.3, 0.4) is 0 Å². The van der Waals surface area contributed by atoms with E-state index in [1.807, 2.05) is 14.0 Å². The summed E-state index contributed by atoms with van der Waals surface area (Å²) in [6.07, 6.45) is 2.65. The van der Waals surface area contributed by atoms with E-state index < -0.39 is 0 Å². The van der Waals surface area contributed by atoms with E-state index in [1.54, 1.807) is 17.7 Å². The highest BCUT2D eigenvalue weighted by Gasteiger charge is 2.09. The van der Waals surface area contributed by atoms with E-state index in [2.05, 4.69) is 71.5 Å². The van der Waals surface area contributed by atoms with E-state index in [-0.39, 0.29) is 24.0 Å². The molecule has 2 aromatic heterocycles. The van der Waals surface area contributed by atoms with Crippen LogP contribution in [0.15, 0.2) is 39.4 Å². The summed E-state index contributed by atoms with van der Waals surface area (Å²) in [6.45, 7) is 11.0. The topological polar surface area (TPSA) is 58.3 Å². The van der Waals surface area contributed by atoms with Crippen LogP contribution in [0.5, 0.6) is 0 Å². The summed E-state index contributed by atoms with van der Waals surface area (Å²) < 4.78 is 3.21. The Morgan fingerprint density at radius 2 is 2.23 bits per heavy atom. The highest BCUT2D eigenvalue weighted by Crippen LogP contribution is 2.22. The molecule has 0 saturated carbocycles. The molecule has 2 heterocycles. The third-order valence-electron chi connectivity index (χ3n) is 3.53. The Hall–Kier alpha value is -0.940. The van der Waals surface area contributed by atoms with Gasteiger partial charge >= 0.3 is 0 Å². The smallest absolute Gasteiger partial charge is 0.194 e. The van der Waals surface area contributed by atoms with Crippen LogP contribution >= 0.6 is 51.2 Å². The molecule has 0 aliphatic carbocycles. The zero-order chi connectivity index (χ0) is 18.2. The second-order valence-corrected chi connectivity index (χ2v) is 8.43. The van der Waals surface area contributed by atoms with Gasteiger partial charge in [-0.05, 0) is 35.0 Å². The van der Waals surface area contributed by atoms with Crippen LogP contribution in [0.4, 0.5) is 0 Å². The first-order valence-corrected chi connectivity index (χ1v) is 9.85. The van der Waals surface area contributed by atoms with E-state index >= 15 is 0 Å². The number of nitrogens with one attached hydrogen (secondary N) is 1. The molecule has 2 rings (SSSR count). The molecule has 144 valence electrons. The molecule has 6 nitrogen and oxygen atoms in total. The maximum absolute atomic E-state index is 4.67. The Balaban J connectivity index is 0.00000338. The van der Waals surface area contributed by atoms with Crippen LogP contribution in [-0.4, -0.2) is 45.8 Å². The Morgan fingerprint density at radius 3 is 2.85 bits per heavy atom. The van der Waals surface area contributed by atoms with Crippen LogP contribution in [0.25, 0.3) is 0 Å².